The van der Waals surface area contributed by atoms with Crippen molar-refractivity contribution in [3.63, 3.8) is 0 Å². The molecule has 0 aliphatic rings. The zero-order chi connectivity index (χ0) is 29.4. The molecule has 4 heteroatoms. The third-order valence-corrected chi connectivity index (χ3v) is 8.29. The first-order valence-corrected chi connectivity index (χ1v) is 14.5. The van der Waals surface area contributed by atoms with Crippen LogP contribution in [0.4, 0.5) is 0 Å². The predicted molar refractivity (Wildman–Crippen MR) is 175 cm³/mol. The van der Waals surface area contributed by atoms with Crippen molar-refractivity contribution in [3.05, 3.63) is 157 Å². The second-order valence-corrected chi connectivity index (χ2v) is 11.3. The summed E-state index contributed by atoms with van der Waals surface area (Å²) in [6, 6.07) is 47.2. The molecule has 0 aliphatic heterocycles. The summed E-state index contributed by atoms with van der Waals surface area (Å²) >= 11 is 0. The van der Waals surface area contributed by atoms with E-state index in [9.17, 15) is 5.11 Å². The number of hydrogen-bond donors (Lipinski definition) is 1. The van der Waals surface area contributed by atoms with Crippen molar-refractivity contribution in [1.82, 2.24) is 14.5 Å². The van der Waals surface area contributed by atoms with Crippen LogP contribution >= 0.6 is 0 Å². The maximum Gasteiger partial charge on any atom is 0.149 e. The summed E-state index contributed by atoms with van der Waals surface area (Å²) in [5, 5.41) is 10.8. The maximum atomic E-state index is 10.8. The van der Waals surface area contributed by atoms with Gasteiger partial charge >= 0.3 is 0 Å². The highest BCUT2D eigenvalue weighted by Crippen LogP contribution is 2.38. The summed E-state index contributed by atoms with van der Waals surface area (Å²) in [7, 11) is 0. The SMILES string of the molecule is CC(C)(c1ccccc1)c1ccnc(-c2cccc(-c3cccc4c3nc(-c3ccccc3O)n4-c3ccccc3)c2)c1. The number of fused-ring (bicyclic) bond motifs is 1. The second kappa shape index (κ2) is 10.7. The Morgan fingerprint density at radius 2 is 1.28 bits per heavy atom. The van der Waals surface area contributed by atoms with Gasteiger partial charge in [0, 0.05) is 28.4 Å². The molecule has 0 saturated carbocycles. The van der Waals surface area contributed by atoms with Crippen molar-refractivity contribution in [1.29, 1.82) is 0 Å². The monoisotopic (exact) mass is 557 g/mol. The van der Waals surface area contributed by atoms with E-state index in [1.54, 1.807) is 6.07 Å². The van der Waals surface area contributed by atoms with Gasteiger partial charge in [-0.05, 0) is 65.2 Å². The zero-order valence-electron chi connectivity index (χ0n) is 24.1. The Morgan fingerprint density at radius 1 is 0.605 bits per heavy atom. The third kappa shape index (κ3) is 4.77. The quantitative estimate of drug-likeness (QED) is 0.222. The van der Waals surface area contributed by atoms with Crippen LogP contribution < -0.4 is 0 Å². The van der Waals surface area contributed by atoms with Crippen molar-refractivity contribution in [2.45, 2.75) is 19.3 Å². The van der Waals surface area contributed by atoms with E-state index in [4.69, 9.17) is 9.97 Å². The number of imidazole rings is 1. The molecule has 0 unspecified atom stereocenters. The van der Waals surface area contributed by atoms with E-state index < -0.39 is 0 Å². The van der Waals surface area contributed by atoms with Gasteiger partial charge in [-0.15, -0.1) is 0 Å². The van der Waals surface area contributed by atoms with E-state index in [-0.39, 0.29) is 11.2 Å². The Bertz CT molecular complexity index is 2060. The number of rotatable bonds is 6. The average Bonchev–Trinajstić information content (AvgIpc) is 3.45. The Balaban J connectivity index is 1.36. The molecule has 0 aliphatic carbocycles. The molecule has 0 fully saturated rings. The maximum absolute atomic E-state index is 10.8. The molecule has 0 spiro atoms. The minimum Gasteiger partial charge on any atom is -0.507 e. The van der Waals surface area contributed by atoms with E-state index in [2.05, 4.69) is 115 Å². The molecular formula is C39H31N3O. The number of phenols is 1. The van der Waals surface area contributed by atoms with Gasteiger partial charge in [0.15, 0.2) is 0 Å². The van der Waals surface area contributed by atoms with Gasteiger partial charge in [-0.25, -0.2) is 4.98 Å². The van der Waals surface area contributed by atoms with Crippen LogP contribution in [0.2, 0.25) is 0 Å². The van der Waals surface area contributed by atoms with Crippen LogP contribution in [0.1, 0.15) is 25.0 Å². The summed E-state index contributed by atoms with van der Waals surface area (Å²) in [5.74, 6) is 0.892. The summed E-state index contributed by atoms with van der Waals surface area (Å²) in [5.41, 5.74) is 9.87. The third-order valence-electron chi connectivity index (χ3n) is 8.29. The van der Waals surface area contributed by atoms with Crippen molar-refractivity contribution >= 4 is 11.0 Å². The minimum absolute atomic E-state index is 0.161. The van der Waals surface area contributed by atoms with E-state index in [0.717, 1.165) is 39.1 Å². The van der Waals surface area contributed by atoms with E-state index in [1.165, 1.54) is 11.1 Å². The van der Waals surface area contributed by atoms with Crippen LogP contribution in [0, 0.1) is 0 Å². The van der Waals surface area contributed by atoms with Gasteiger partial charge < -0.3 is 5.11 Å². The summed E-state index contributed by atoms with van der Waals surface area (Å²) in [6.07, 6.45) is 1.91. The number of nitrogens with zero attached hydrogens (tertiary/aromatic N) is 3. The molecule has 43 heavy (non-hydrogen) atoms. The first-order chi connectivity index (χ1) is 21.0. The molecule has 0 amide bonds. The Hall–Kier alpha value is -5.48. The standard InChI is InChI=1S/C39H31N3O/c1-39(2,29-15-5-3-6-16-29)30-23-24-40-34(26-30)28-14-11-13-27(25-28)32-20-12-21-35-37(32)41-38(33-19-9-10-22-36(33)43)42(35)31-17-7-4-8-18-31/h3-26,43H,1-2H3. The Labute approximate surface area is 251 Å². The molecule has 208 valence electrons. The molecular weight excluding hydrogens is 526 g/mol. The summed E-state index contributed by atoms with van der Waals surface area (Å²) in [6.45, 7) is 4.51. The Kier molecular flexibility index (Phi) is 6.59. The van der Waals surface area contributed by atoms with Crippen molar-refractivity contribution in [2.75, 3.05) is 0 Å². The molecule has 0 atom stereocenters. The number of aromatic nitrogens is 3. The highest BCUT2D eigenvalue weighted by molar-refractivity contribution is 5.96. The normalized spacial score (nSPS) is 11.6. The summed E-state index contributed by atoms with van der Waals surface area (Å²) < 4.78 is 2.12. The van der Waals surface area contributed by atoms with Crippen LogP contribution in [0.5, 0.6) is 5.75 Å². The molecule has 2 aromatic heterocycles. The number of hydrogen-bond acceptors (Lipinski definition) is 3. The van der Waals surface area contributed by atoms with Gasteiger partial charge in [0.2, 0.25) is 0 Å². The van der Waals surface area contributed by atoms with Gasteiger partial charge in [0.05, 0.1) is 22.3 Å². The van der Waals surface area contributed by atoms with Crippen LogP contribution in [0.25, 0.3) is 50.5 Å². The first-order valence-electron chi connectivity index (χ1n) is 14.5. The van der Waals surface area contributed by atoms with Crippen LogP contribution in [-0.4, -0.2) is 19.6 Å². The molecule has 7 rings (SSSR count). The number of aromatic hydroxyl groups is 1. The van der Waals surface area contributed by atoms with Gasteiger partial charge in [-0.2, -0.15) is 0 Å². The fraction of sp³-hybridized carbons (Fsp3) is 0.0769. The highest BCUT2D eigenvalue weighted by Gasteiger charge is 2.24. The molecule has 5 aromatic carbocycles. The largest absolute Gasteiger partial charge is 0.507 e. The second-order valence-electron chi connectivity index (χ2n) is 11.3. The van der Waals surface area contributed by atoms with Crippen LogP contribution in [0.3, 0.4) is 0 Å². The summed E-state index contributed by atoms with van der Waals surface area (Å²) in [4.78, 5) is 9.94. The molecule has 0 bridgehead atoms. The number of para-hydroxylation sites is 3. The van der Waals surface area contributed by atoms with Gasteiger partial charge in [-0.1, -0.05) is 105 Å². The van der Waals surface area contributed by atoms with Crippen LogP contribution in [0.15, 0.2) is 146 Å². The molecule has 7 aromatic rings. The molecule has 2 heterocycles. The lowest BCUT2D eigenvalue weighted by Gasteiger charge is -2.26. The molecule has 0 saturated heterocycles. The fourth-order valence-electron chi connectivity index (χ4n) is 5.86. The van der Waals surface area contributed by atoms with Crippen molar-refractivity contribution in [3.8, 4) is 45.2 Å². The number of pyridine rings is 1. The Morgan fingerprint density at radius 3 is 2.07 bits per heavy atom. The van der Waals surface area contributed by atoms with Crippen molar-refractivity contribution < 1.29 is 5.11 Å². The molecule has 4 nitrogen and oxygen atoms in total. The van der Waals surface area contributed by atoms with Crippen LogP contribution in [-0.2, 0) is 5.41 Å². The molecule has 1 N–H and O–H groups in total. The lowest BCUT2D eigenvalue weighted by molar-refractivity contribution is 0.477. The lowest BCUT2D eigenvalue weighted by atomic mass is 9.78. The smallest absolute Gasteiger partial charge is 0.149 e. The van der Waals surface area contributed by atoms with Crippen molar-refractivity contribution in [2.24, 2.45) is 0 Å². The number of phenolic OH excluding ortho intramolecular Hbond substituents is 1. The van der Waals surface area contributed by atoms with E-state index >= 15 is 0 Å². The topological polar surface area (TPSA) is 50.9 Å². The fourth-order valence-corrected chi connectivity index (χ4v) is 5.86. The predicted octanol–water partition coefficient (Wildman–Crippen LogP) is 9.45. The molecule has 0 radical (unpaired) electrons. The zero-order valence-corrected chi connectivity index (χ0v) is 24.1. The minimum atomic E-state index is -0.161. The highest BCUT2D eigenvalue weighted by atomic mass is 16.3. The van der Waals surface area contributed by atoms with Gasteiger partial charge in [0.25, 0.3) is 0 Å². The lowest BCUT2D eigenvalue weighted by Crippen LogP contribution is -2.18. The van der Waals surface area contributed by atoms with Gasteiger partial charge in [0.1, 0.15) is 11.6 Å². The van der Waals surface area contributed by atoms with E-state index in [1.807, 2.05) is 42.6 Å². The number of benzene rings is 5. The first kappa shape index (κ1) is 26.4. The van der Waals surface area contributed by atoms with E-state index in [0.29, 0.717) is 11.4 Å². The average molecular weight is 558 g/mol. The van der Waals surface area contributed by atoms with Gasteiger partial charge in [-0.3, -0.25) is 9.55 Å².